The van der Waals surface area contributed by atoms with Gasteiger partial charge in [0.2, 0.25) is 5.91 Å². The molecule has 0 atom stereocenters. The van der Waals surface area contributed by atoms with Crippen molar-refractivity contribution in [3.8, 4) is 0 Å². The molecule has 0 spiro atoms. The number of hydrogen-bond donors (Lipinski definition) is 1. The van der Waals surface area contributed by atoms with E-state index in [0.717, 1.165) is 30.7 Å². The summed E-state index contributed by atoms with van der Waals surface area (Å²) in [7, 11) is 1.81. The lowest BCUT2D eigenvalue weighted by molar-refractivity contribution is -0.127. The summed E-state index contributed by atoms with van der Waals surface area (Å²) in [4.78, 5) is 14.6. The molecule has 1 aromatic rings. The number of aliphatic hydroxyl groups is 1. The van der Waals surface area contributed by atoms with E-state index in [1.54, 1.807) is 4.90 Å². The van der Waals surface area contributed by atoms with Crippen LogP contribution >= 0.6 is 23.4 Å². The van der Waals surface area contributed by atoms with Crippen molar-refractivity contribution in [1.82, 2.24) is 4.90 Å². The molecule has 106 valence electrons. The standard InChI is InChI=1S/C14H20ClNO2S/c1-16(9-5-2-6-10-17)14(18)11-19-13-8-4-3-7-12(13)15/h3-4,7-8,17H,2,5-6,9-11H2,1H3. The Labute approximate surface area is 123 Å². The number of halogens is 1. The third kappa shape index (κ3) is 6.32. The quantitative estimate of drug-likeness (QED) is 0.592. The van der Waals surface area contributed by atoms with Crippen LogP contribution in [0.5, 0.6) is 0 Å². The second kappa shape index (κ2) is 9.23. The van der Waals surface area contributed by atoms with Crippen LogP contribution < -0.4 is 0 Å². The van der Waals surface area contributed by atoms with Gasteiger partial charge in [-0.25, -0.2) is 0 Å². The van der Waals surface area contributed by atoms with Crippen LogP contribution in [-0.4, -0.2) is 41.9 Å². The summed E-state index contributed by atoms with van der Waals surface area (Å²) in [6, 6.07) is 7.54. The zero-order valence-corrected chi connectivity index (χ0v) is 12.7. The van der Waals surface area contributed by atoms with E-state index in [2.05, 4.69) is 0 Å². The maximum atomic E-state index is 11.9. The molecule has 0 aromatic heterocycles. The average molecular weight is 302 g/mol. The summed E-state index contributed by atoms with van der Waals surface area (Å²) < 4.78 is 0. The van der Waals surface area contributed by atoms with Gasteiger partial charge in [-0.2, -0.15) is 0 Å². The van der Waals surface area contributed by atoms with Crippen molar-refractivity contribution >= 4 is 29.3 Å². The van der Waals surface area contributed by atoms with Gasteiger partial charge in [-0.1, -0.05) is 23.7 Å². The van der Waals surface area contributed by atoms with E-state index in [4.69, 9.17) is 16.7 Å². The summed E-state index contributed by atoms with van der Waals surface area (Å²) in [6.45, 7) is 0.960. The topological polar surface area (TPSA) is 40.5 Å². The molecule has 0 aliphatic carbocycles. The van der Waals surface area contributed by atoms with Crippen LogP contribution in [0, 0.1) is 0 Å². The molecule has 0 bridgehead atoms. The number of carbonyl (C=O) groups is 1. The fourth-order valence-corrected chi connectivity index (χ4v) is 2.75. The maximum Gasteiger partial charge on any atom is 0.232 e. The smallest absolute Gasteiger partial charge is 0.232 e. The van der Waals surface area contributed by atoms with Crippen molar-refractivity contribution in [1.29, 1.82) is 0 Å². The van der Waals surface area contributed by atoms with Crippen molar-refractivity contribution in [2.45, 2.75) is 24.2 Å². The molecule has 1 rings (SSSR count). The minimum Gasteiger partial charge on any atom is -0.396 e. The summed E-state index contributed by atoms with van der Waals surface area (Å²) >= 11 is 7.50. The van der Waals surface area contributed by atoms with E-state index in [-0.39, 0.29) is 12.5 Å². The molecular formula is C14H20ClNO2S. The molecule has 1 N–H and O–H groups in total. The Kier molecular flexibility index (Phi) is 7.94. The SMILES string of the molecule is CN(CCCCCO)C(=O)CSc1ccccc1Cl. The predicted molar refractivity (Wildman–Crippen MR) is 80.7 cm³/mol. The Balaban J connectivity index is 2.28. The van der Waals surface area contributed by atoms with Crippen LogP contribution in [0.15, 0.2) is 29.2 Å². The van der Waals surface area contributed by atoms with Gasteiger partial charge in [-0.15, -0.1) is 11.8 Å². The highest BCUT2D eigenvalue weighted by Gasteiger charge is 2.09. The Morgan fingerprint density at radius 1 is 1.32 bits per heavy atom. The zero-order chi connectivity index (χ0) is 14.1. The van der Waals surface area contributed by atoms with Gasteiger partial charge in [0.25, 0.3) is 0 Å². The van der Waals surface area contributed by atoms with E-state index in [0.29, 0.717) is 10.8 Å². The van der Waals surface area contributed by atoms with Gasteiger partial charge in [0.1, 0.15) is 0 Å². The fourth-order valence-electron chi connectivity index (χ4n) is 1.57. The number of carbonyl (C=O) groups excluding carboxylic acids is 1. The fraction of sp³-hybridized carbons (Fsp3) is 0.500. The van der Waals surface area contributed by atoms with Crippen molar-refractivity contribution < 1.29 is 9.90 Å². The number of aliphatic hydroxyl groups excluding tert-OH is 1. The van der Waals surface area contributed by atoms with E-state index < -0.39 is 0 Å². The third-order valence-corrected chi connectivity index (χ3v) is 4.27. The summed E-state index contributed by atoms with van der Waals surface area (Å²) in [5.74, 6) is 0.508. The second-order valence-corrected chi connectivity index (χ2v) is 5.74. The summed E-state index contributed by atoms with van der Waals surface area (Å²) in [5, 5.41) is 9.37. The van der Waals surface area contributed by atoms with Gasteiger partial charge < -0.3 is 10.0 Å². The highest BCUT2D eigenvalue weighted by atomic mass is 35.5. The Bertz CT molecular complexity index is 401. The molecule has 0 saturated heterocycles. The molecule has 0 aliphatic rings. The number of benzene rings is 1. The molecular weight excluding hydrogens is 282 g/mol. The van der Waals surface area contributed by atoms with Crippen molar-refractivity contribution in [3.63, 3.8) is 0 Å². The Morgan fingerprint density at radius 3 is 2.74 bits per heavy atom. The third-order valence-electron chi connectivity index (χ3n) is 2.77. The molecule has 3 nitrogen and oxygen atoms in total. The number of amides is 1. The number of hydrogen-bond acceptors (Lipinski definition) is 3. The highest BCUT2D eigenvalue weighted by molar-refractivity contribution is 8.00. The second-order valence-electron chi connectivity index (χ2n) is 4.32. The van der Waals surface area contributed by atoms with Crippen LogP contribution in [-0.2, 0) is 4.79 Å². The van der Waals surface area contributed by atoms with Crippen LogP contribution in [0.2, 0.25) is 5.02 Å². The number of unbranched alkanes of at least 4 members (excludes halogenated alkanes) is 2. The molecule has 0 aliphatic heterocycles. The molecule has 0 heterocycles. The molecule has 5 heteroatoms. The number of nitrogens with zero attached hydrogens (tertiary/aromatic N) is 1. The summed E-state index contributed by atoms with van der Waals surface area (Å²) in [6.07, 6.45) is 2.68. The van der Waals surface area contributed by atoms with E-state index in [9.17, 15) is 4.79 Å². The van der Waals surface area contributed by atoms with Gasteiger partial charge in [0.15, 0.2) is 0 Å². The average Bonchev–Trinajstić information content (AvgIpc) is 2.42. The lowest BCUT2D eigenvalue weighted by Gasteiger charge is -2.16. The van der Waals surface area contributed by atoms with Crippen molar-refractivity contribution in [3.05, 3.63) is 29.3 Å². The van der Waals surface area contributed by atoms with Crippen molar-refractivity contribution in [2.75, 3.05) is 26.0 Å². The highest BCUT2D eigenvalue weighted by Crippen LogP contribution is 2.26. The molecule has 1 amide bonds. The molecule has 0 fully saturated rings. The molecule has 1 aromatic carbocycles. The lowest BCUT2D eigenvalue weighted by Crippen LogP contribution is -2.29. The first-order valence-electron chi connectivity index (χ1n) is 6.37. The normalized spacial score (nSPS) is 10.5. The van der Waals surface area contributed by atoms with Crippen LogP contribution in [0.25, 0.3) is 0 Å². The van der Waals surface area contributed by atoms with E-state index in [1.807, 2.05) is 31.3 Å². The summed E-state index contributed by atoms with van der Waals surface area (Å²) in [5.41, 5.74) is 0. The van der Waals surface area contributed by atoms with Crippen LogP contribution in [0.4, 0.5) is 0 Å². The Morgan fingerprint density at radius 2 is 2.05 bits per heavy atom. The van der Waals surface area contributed by atoms with Gasteiger partial charge in [0, 0.05) is 25.1 Å². The molecule has 0 saturated carbocycles. The minimum absolute atomic E-state index is 0.105. The van der Waals surface area contributed by atoms with E-state index in [1.165, 1.54) is 11.8 Å². The first-order chi connectivity index (χ1) is 9.15. The van der Waals surface area contributed by atoms with Crippen molar-refractivity contribution in [2.24, 2.45) is 0 Å². The number of rotatable bonds is 8. The van der Waals surface area contributed by atoms with E-state index >= 15 is 0 Å². The zero-order valence-electron chi connectivity index (χ0n) is 11.1. The monoisotopic (exact) mass is 301 g/mol. The Hall–Kier alpha value is -0.710. The van der Waals surface area contributed by atoms with Gasteiger partial charge in [-0.3, -0.25) is 4.79 Å². The van der Waals surface area contributed by atoms with Gasteiger partial charge in [0.05, 0.1) is 10.8 Å². The van der Waals surface area contributed by atoms with Gasteiger partial charge in [-0.05, 0) is 31.4 Å². The van der Waals surface area contributed by atoms with Crippen LogP contribution in [0.1, 0.15) is 19.3 Å². The van der Waals surface area contributed by atoms with Gasteiger partial charge >= 0.3 is 0 Å². The molecule has 0 unspecified atom stereocenters. The maximum absolute atomic E-state index is 11.9. The molecule has 19 heavy (non-hydrogen) atoms. The largest absolute Gasteiger partial charge is 0.396 e. The minimum atomic E-state index is 0.105. The molecule has 0 radical (unpaired) electrons. The lowest BCUT2D eigenvalue weighted by atomic mass is 10.2. The van der Waals surface area contributed by atoms with Crippen LogP contribution in [0.3, 0.4) is 0 Å². The first kappa shape index (κ1) is 16.3. The first-order valence-corrected chi connectivity index (χ1v) is 7.73. The number of thioether (sulfide) groups is 1. The predicted octanol–water partition coefficient (Wildman–Crippen LogP) is 3.05.